The summed E-state index contributed by atoms with van der Waals surface area (Å²) < 4.78 is 23.3. The van der Waals surface area contributed by atoms with Gasteiger partial charge in [0.2, 0.25) is 0 Å². The highest BCUT2D eigenvalue weighted by Crippen LogP contribution is 2.21. The molecule has 1 aromatic rings. The first-order chi connectivity index (χ1) is 9.93. The van der Waals surface area contributed by atoms with Gasteiger partial charge < -0.3 is 10.0 Å². The van der Waals surface area contributed by atoms with Crippen molar-refractivity contribution in [2.24, 2.45) is 0 Å². The molecule has 0 aliphatic carbocycles. The minimum absolute atomic E-state index is 0.0225. The number of hydrogen-bond donors (Lipinski definition) is 1. The number of rotatable bonds is 5. The smallest absolute Gasteiger partial charge is 0.255 e. The van der Waals surface area contributed by atoms with Crippen LogP contribution in [-0.4, -0.2) is 53.4 Å². The zero-order valence-corrected chi connectivity index (χ0v) is 12.8. The van der Waals surface area contributed by atoms with Crippen molar-refractivity contribution < 1.29 is 18.3 Å². The average Bonchev–Trinajstić information content (AvgIpc) is 2.79. The van der Waals surface area contributed by atoms with Crippen molar-refractivity contribution in [1.29, 1.82) is 0 Å². The largest absolute Gasteiger partial charge is 0.506 e. The van der Waals surface area contributed by atoms with Crippen LogP contribution < -0.4 is 0 Å². The number of amides is 1. The molecule has 1 aliphatic rings. The zero-order valence-electron chi connectivity index (χ0n) is 12.0. The van der Waals surface area contributed by atoms with Crippen molar-refractivity contribution >= 4 is 15.7 Å². The van der Waals surface area contributed by atoms with E-state index in [4.69, 9.17) is 0 Å². The van der Waals surface area contributed by atoms with E-state index >= 15 is 0 Å². The Morgan fingerprint density at radius 1 is 1.48 bits per heavy atom. The van der Waals surface area contributed by atoms with E-state index in [1.165, 1.54) is 18.5 Å². The average molecular weight is 312 g/mol. The van der Waals surface area contributed by atoms with Crippen molar-refractivity contribution in [2.75, 3.05) is 18.1 Å². The molecule has 7 heteroatoms. The van der Waals surface area contributed by atoms with E-state index in [1.807, 2.05) is 6.92 Å². The monoisotopic (exact) mass is 312 g/mol. The summed E-state index contributed by atoms with van der Waals surface area (Å²) in [5.41, 5.74) is 0.287. The Morgan fingerprint density at radius 3 is 2.81 bits per heavy atom. The van der Waals surface area contributed by atoms with E-state index in [0.29, 0.717) is 13.0 Å². The van der Waals surface area contributed by atoms with Crippen molar-refractivity contribution in [1.82, 2.24) is 9.88 Å². The molecule has 21 heavy (non-hydrogen) atoms. The van der Waals surface area contributed by atoms with E-state index in [2.05, 4.69) is 4.98 Å². The van der Waals surface area contributed by atoms with Gasteiger partial charge in [-0.3, -0.25) is 9.78 Å². The predicted molar refractivity (Wildman–Crippen MR) is 78.9 cm³/mol. The number of aromatic nitrogens is 1. The van der Waals surface area contributed by atoms with Crippen LogP contribution in [0, 0.1) is 0 Å². The fourth-order valence-corrected chi connectivity index (χ4v) is 4.24. The maximum Gasteiger partial charge on any atom is 0.255 e. The molecule has 2 rings (SSSR count). The van der Waals surface area contributed by atoms with E-state index in [1.54, 1.807) is 4.90 Å². The van der Waals surface area contributed by atoms with E-state index in [0.717, 1.165) is 12.8 Å². The minimum atomic E-state index is -3.05. The topological polar surface area (TPSA) is 87.6 Å². The Hall–Kier alpha value is -1.63. The molecule has 0 saturated carbocycles. The summed E-state index contributed by atoms with van der Waals surface area (Å²) in [4.78, 5) is 18.0. The van der Waals surface area contributed by atoms with Crippen LogP contribution in [0.3, 0.4) is 0 Å². The highest BCUT2D eigenvalue weighted by Gasteiger charge is 2.34. The molecule has 1 saturated heterocycles. The van der Waals surface area contributed by atoms with Crippen molar-refractivity contribution in [3.8, 4) is 5.75 Å². The molecule has 0 bridgehead atoms. The molecule has 1 aliphatic heterocycles. The normalized spacial score (nSPS) is 20.3. The van der Waals surface area contributed by atoms with Crippen molar-refractivity contribution in [2.45, 2.75) is 32.2 Å². The van der Waals surface area contributed by atoms with Crippen LogP contribution in [0.1, 0.15) is 36.5 Å². The molecule has 0 radical (unpaired) electrons. The van der Waals surface area contributed by atoms with Gasteiger partial charge in [0.25, 0.3) is 5.91 Å². The van der Waals surface area contributed by atoms with Crippen LogP contribution >= 0.6 is 0 Å². The molecular weight excluding hydrogens is 292 g/mol. The van der Waals surface area contributed by atoms with Gasteiger partial charge in [0.1, 0.15) is 5.75 Å². The third kappa shape index (κ3) is 3.93. The molecule has 2 heterocycles. The van der Waals surface area contributed by atoms with Gasteiger partial charge in [0.05, 0.1) is 23.3 Å². The summed E-state index contributed by atoms with van der Waals surface area (Å²) in [5.74, 6) is -0.190. The molecule has 116 valence electrons. The molecular formula is C14H20N2O4S. The van der Waals surface area contributed by atoms with Gasteiger partial charge in [-0.05, 0) is 18.9 Å². The molecule has 1 N–H and O–H groups in total. The molecule has 0 aromatic carbocycles. The fourth-order valence-electron chi connectivity index (χ4n) is 2.51. The molecule has 6 nitrogen and oxygen atoms in total. The van der Waals surface area contributed by atoms with E-state index in [-0.39, 0.29) is 34.8 Å². The number of hydrogen-bond acceptors (Lipinski definition) is 5. The first kappa shape index (κ1) is 15.8. The second-order valence-corrected chi connectivity index (χ2v) is 7.57. The van der Waals surface area contributed by atoms with Gasteiger partial charge in [-0.1, -0.05) is 13.3 Å². The van der Waals surface area contributed by atoms with Gasteiger partial charge in [-0.2, -0.15) is 0 Å². The first-order valence-electron chi connectivity index (χ1n) is 7.08. The second kappa shape index (κ2) is 6.43. The number of carbonyl (C=O) groups excluding carboxylic acids is 1. The van der Waals surface area contributed by atoms with Crippen LogP contribution in [0.4, 0.5) is 0 Å². The maximum atomic E-state index is 12.6. The summed E-state index contributed by atoms with van der Waals surface area (Å²) >= 11 is 0. The highest BCUT2D eigenvalue weighted by molar-refractivity contribution is 7.91. The van der Waals surface area contributed by atoms with Crippen LogP contribution in [0.2, 0.25) is 0 Å². The Balaban J connectivity index is 2.21. The maximum absolute atomic E-state index is 12.6. The standard InChI is InChI=1S/C14H20N2O4S/c1-2-3-5-16(12-4-6-21(19,20)10-12)14(18)11-7-13(17)9-15-8-11/h7-9,12,17H,2-6,10H2,1H3. The minimum Gasteiger partial charge on any atom is -0.506 e. The van der Waals surface area contributed by atoms with E-state index < -0.39 is 9.84 Å². The lowest BCUT2D eigenvalue weighted by atomic mass is 10.1. The predicted octanol–water partition coefficient (Wildman–Crippen LogP) is 1.22. The lowest BCUT2D eigenvalue weighted by Gasteiger charge is -2.28. The van der Waals surface area contributed by atoms with Gasteiger partial charge in [-0.25, -0.2) is 8.42 Å². The number of pyridine rings is 1. The molecule has 1 fully saturated rings. The molecule has 1 aromatic heterocycles. The number of aromatic hydroxyl groups is 1. The Morgan fingerprint density at radius 2 is 2.24 bits per heavy atom. The SMILES string of the molecule is CCCCN(C(=O)c1cncc(O)c1)C1CCS(=O)(=O)C1. The third-order valence-electron chi connectivity index (χ3n) is 3.63. The summed E-state index contributed by atoms with van der Waals surface area (Å²) in [6.07, 6.45) is 4.86. The Labute approximate surface area is 124 Å². The second-order valence-electron chi connectivity index (χ2n) is 5.34. The molecule has 1 unspecified atom stereocenters. The van der Waals surface area contributed by atoms with Crippen LogP contribution in [0.15, 0.2) is 18.5 Å². The molecule has 0 spiro atoms. The van der Waals surface area contributed by atoms with Crippen molar-refractivity contribution in [3.05, 3.63) is 24.0 Å². The molecule has 1 atom stereocenters. The Kier molecular flexibility index (Phi) is 4.82. The van der Waals surface area contributed by atoms with Gasteiger partial charge >= 0.3 is 0 Å². The molecule has 1 amide bonds. The zero-order chi connectivity index (χ0) is 15.5. The first-order valence-corrected chi connectivity index (χ1v) is 8.90. The van der Waals surface area contributed by atoms with Crippen LogP contribution in [0.5, 0.6) is 5.75 Å². The number of sulfone groups is 1. The number of nitrogens with zero attached hydrogens (tertiary/aromatic N) is 2. The van der Waals surface area contributed by atoms with Gasteiger partial charge in [0.15, 0.2) is 9.84 Å². The lowest BCUT2D eigenvalue weighted by Crippen LogP contribution is -2.41. The number of unbranched alkanes of at least 4 members (excludes halogenated alkanes) is 1. The van der Waals surface area contributed by atoms with Crippen molar-refractivity contribution in [3.63, 3.8) is 0 Å². The summed E-state index contributed by atoms with van der Waals surface area (Å²) in [7, 11) is -3.05. The van der Waals surface area contributed by atoms with E-state index in [9.17, 15) is 18.3 Å². The van der Waals surface area contributed by atoms with Crippen LogP contribution in [0.25, 0.3) is 0 Å². The summed E-state index contributed by atoms with van der Waals surface area (Å²) in [6, 6.07) is 1.08. The van der Waals surface area contributed by atoms with Crippen LogP contribution in [-0.2, 0) is 9.84 Å². The van der Waals surface area contributed by atoms with Gasteiger partial charge in [0, 0.05) is 18.8 Å². The lowest BCUT2D eigenvalue weighted by molar-refractivity contribution is 0.0693. The summed E-state index contributed by atoms with van der Waals surface area (Å²) in [6.45, 7) is 2.54. The van der Waals surface area contributed by atoms with Gasteiger partial charge in [-0.15, -0.1) is 0 Å². The Bertz CT molecular complexity index is 615. The highest BCUT2D eigenvalue weighted by atomic mass is 32.2. The summed E-state index contributed by atoms with van der Waals surface area (Å²) in [5, 5.41) is 9.44. The number of carbonyl (C=O) groups is 1. The quantitative estimate of drug-likeness (QED) is 0.883. The third-order valence-corrected chi connectivity index (χ3v) is 5.38. The fraction of sp³-hybridized carbons (Fsp3) is 0.571.